The Morgan fingerprint density at radius 3 is 2.94 bits per heavy atom. The average Bonchev–Trinajstić information content (AvgIpc) is 2.75. The molecule has 1 aromatic carbocycles. The van der Waals surface area contributed by atoms with E-state index in [2.05, 4.69) is 22.5 Å². The summed E-state index contributed by atoms with van der Waals surface area (Å²) in [6.07, 6.45) is 0. The minimum absolute atomic E-state index is 0.375. The van der Waals surface area contributed by atoms with E-state index >= 15 is 0 Å². The van der Waals surface area contributed by atoms with Gasteiger partial charge in [-0.3, -0.25) is 0 Å². The van der Waals surface area contributed by atoms with Crippen LogP contribution in [0.25, 0.3) is 11.4 Å². The maximum Gasteiger partial charge on any atom is 0.210 e. The summed E-state index contributed by atoms with van der Waals surface area (Å²) in [5.41, 5.74) is 4.23. The van der Waals surface area contributed by atoms with E-state index in [9.17, 15) is 0 Å². The first kappa shape index (κ1) is 12.1. The average molecular weight is 301 g/mol. The monoisotopic (exact) mass is 300 g/mol. The van der Waals surface area contributed by atoms with Crippen molar-refractivity contribution in [2.45, 2.75) is 18.1 Å². The zero-order valence-electron chi connectivity index (χ0n) is 9.52. The fourth-order valence-corrected chi connectivity index (χ4v) is 2.90. The molecule has 1 aromatic heterocycles. The number of nitrogens with zero attached hydrogens (tertiary/aromatic N) is 3. The highest BCUT2D eigenvalue weighted by Crippen LogP contribution is 2.30. The van der Waals surface area contributed by atoms with Gasteiger partial charge in [0.05, 0.1) is 10.0 Å². The number of rotatable bonds is 1. The first-order valence-corrected chi connectivity index (χ1v) is 7.19. The second kappa shape index (κ2) is 4.64. The quantitative estimate of drug-likeness (QED) is 0.877. The lowest BCUT2D eigenvalue weighted by molar-refractivity contribution is 0.672. The van der Waals surface area contributed by atoms with E-state index in [4.69, 9.17) is 23.2 Å². The summed E-state index contributed by atoms with van der Waals surface area (Å²) in [5, 5.41) is 10.3. The molecule has 0 fully saturated rings. The molecular weight excluding hydrogens is 291 g/mol. The summed E-state index contributed by atoms with van der Waals surface area (Å²) < 4.78 is 1.90. The summed E-state index contributed by atoms with van der Waals surface area (Å²) in [4.78, 5) is 0. The Balaban J connectivity index is 2.07. The van der Waals surface area contributed by atoms with Crippen molar-refractivity contribution in [3.8, 4) is 11.4 Å². The number of hydrogen-bond acceptors (Lipinski definition) is 4. The fourth-order valence-electron chi connectivity index (χ4n) is 1.76. The first-order chi connectivity index (χ1) is 8.65. The Morgan fingerprint density at radius 2 is 2.17 bits per heavy atom. The smallest absolute Gasteiger partial charge is 0.210 e. The summed E-state index contributed by atoms with van der Waals surface area (Å²) in [6.45, 7) is 2.12. The van der Waals surface area contributed by atoms with E-state index < -0.39 is 0 Å². The predicted molar refractivity (Wildman–Crippen MR) is 75.0 cm³/mol. The standard InChI is InChI=1S/C11H10Cl2N4S/c1-6-5-18-11-15-14-10(17(11)16-6)7-2-3-8(12)9(13)4-7/h2-4,6,16H,5H2,1H3. The predicted octanol–water partition coefficient (Wildman–Crippen LogP) is 3.29. The highest BCUT2D eigenvalue weighted by Gasteiger charge is 2.21. The highest BCUT2D eigenvalue weighted by molar-refractivity contribution is 7.99. The number of halogens is 2. The highest BCUT2D eigenvalue weighted by atomic mass is 35.5. The number of fused-ring (bicyclic) bond motifs is 1. The molecule has 2 aromatic rings. The Labute approximate surface area is 119 Å². The lowest BCUT2D eigenvalue weighted by Gasteiger charge is -2.22. The summed E-state index contributed by atoms with van der Waals surface area (Å²) in [5.74, 6) is 1.74. The molecular formula is C11H10Cl2N4S. The molecule has 2 heterocycles. The van der Waals surface area contributed by atoms with Crippen LogP contribution in [0.1, 0.15) is 6.92 Å². The molecule has 94 valence electrons. The van der Waals surface area contributed by atoms with E-state index in [0.29, 0.717) is 16.1 Å². The Bertz CT molecular complexity index is 599. The minimum atomic E-state index is 0.375. The SMILES string of the molecule is CC1CSc2nnc(-c3ccc(Cl)c(Cl)c3)n2N1. The van der Waals surface area contributed by atoms with E-state index in [1.54, 1.807) is 23.9 Å². The van der Waals surface area contributed by atoms with Crippen molar-refractivity contribution in [1.82, 2.24) is 14.9 Å². The van der Waals surface area contributed by atoms with Gasteiger partial charge in [0.2, 0.25) is 5.16 Å². The van der Waals surface area contributed by atoms with Crippen LogP contribution in [0.2, 0.25) is 10.0 Å². The molecule has 4 nitrogen and oxygen atoms in total. The van der Waals surface area contributed by atoms with Gasteiger partial charge in [-0.2, -0.15) is 0 Å². The van der Waals surface area contributed by atoms with Crippen LogP contribution < -0.4 is 5.43 Å². The van der Waals surface area contributed by atoms with Crippen molar-refractivity contribution in [3.05, 3.63) is 28.2 Å². The van der Waals surface area contributed by atoms with Gasteiger partial charge in [-0.05, 0) is 25.1 Å². The van der Waals surface area contributed by atoms with Crippen molar-refractivity contribution in [3.63, 3.8) is 0 Å². The topological polar surface area (TPSA) is 42.7 Å². The zero-order chi connectivity index (χ0) is 12.7. The summed E-state index contributed by atoms with van der Waals surface area (Å²) >= 11 is 13.6. The van der Waals surface area contributed by atoms with Gasteiger partial charge in [0.25, 0.3) is 0 Å². The largest absolute Gasteiger partial charge is 0.318 e. The molecule has 0 bridgehead atoms. The van der Waals surface area contributed by atoms with Gasteiger partial charge < -0.3 is 5.43 Å². The van der Waals surface area contributed by atoms with Crippen LogP contribution in [0.15, 0.2) is 23.4 Å². The normalized spacial score (nSPS) is 18.3. The molecule has 1 aliphatic heterocycles. The van der Waals surface area contributed by atoms with Crippen LogP contribution in [0.5, 0.6) is 0 Å². The third kappa shape index (κ3) is 2.06. The second-order valence-corrected chi connectivity index (χ2v) is 5.91. The molecule has 1 atom stereocenters. The van der Waals surface area contributed by atoms with Gasteiger partial charge >= 0.3 is 0 Å². The van der Waals surface area contributed by atoms with Crippen LogP contribution in [0.3, 0.4) is 0 Å². The van der Waals surface area contributed by atoms with Crippen molar-refractivity contribution < 1.29 is 0 Å². The number of aromatic nitrogens is 3. The molecule has 0 aliphatic carbocycles. The molecule has 7 heteroatoms. The maximum absolute atomic E-state index is 6.03. The second-order valence-electron chi connectivity index (χ2n) is 4.11. The lowest BCUT2D eigenvalue weighted by Crippen LogP contribution is -2.32. The molecule has 0 radical (unpaired) electrons. The van der Waals surface area contributed by atoms with Crippen LogP contribution in [-0.4, -0.2) is 26.7 Å². The van der Waals surface area contributed by atoms with Crippen LogP contribution >= 0.6 is 35.0 Å². The third-order valence-electron chi connectivity index (χ3n) is 2.62. The van der Waals surface area contributed by atoms with E-state index in [-0.39, 0.29) is 0 Å². The van der Waals surface area contributed by atoms with Crippen LogP contribution in [-0.2, 0) is 0 Å². The van der Waals surface area contributed by atoms with E-state index in [1.807, 2.05) is 10.7 Å². The number of thioether (sulfide) groups is 1. The molecule has 1 N–H and O–H groups in total. The molecule has 0 saturated carbocycles. The molecule has 3 rings (SSSR count). The summed E-state index contributed by atoms with van der Waals surface area (Å²) in [7, 11) is 0. The first-order valence-electron chi connectivity index (χ1n) is 5.45. The van der Waals surface area contributed by atoms with E-state index in [0.717, 1.165) is 22.3 Å². The molecule has 1 unspecified atom stereocenters. The third-order valence-corrected chi connectivity index (χ3v) is 4.55. The van der Waals surface area contributed by atoms with E-state index in [1.165, 1.54) is 0 Å². The lowest BCUT2D eigenvalue weighted by atomic mass is 10.2. The van der Waals surface area contributed by atoms with Gasteiger partial charge in [-0.15, -0.1) is 10.2 Å². The minimum Gasteiger partial charge on any atom is -0.318 e. The Hall–Kier alpha value is -0.910. The Kier molecular flexibility index (Phi) is 3.13. The van der Waals surface area contributed by atoms with Gasteiger partial charge in [-0.25, -0.2) is 4.68 Å². The van der Waals surface area contributed by atoms with Crippen LogP contribution in [0.4, 0.5) is 0 Å². The number of hydrogen-bond donors (Lipinski definition) is 1. The fraction of sp³-hybridized carbons (Fsp3) is 0.273. The molecule has 0 saturated heterocycles. The molecule has 0 amide bonds. The van der Waals surface area contributed by atoms with Gasteiger partial charge in [0.15, 0.2) is 5.82 Å². The summed E-state index contributed by atoms with van der Waals surface area (Å²) in [6, 6.07) is 5.82. The number of benzene rings is 1. The zero-order valence-corrected chi connectivity index (χ0v) is 11.9. The molecule has 0 spiro atoms. The maximum atomic E-state index is 6.03. The van der Waals surface area contributed by atoms with Crippen molar-refractivity contribution in [2.24, 2.45) is 0 Å². The van der Waals surface area contributed by atoms with Gasteiger partial charge in [-0.1, -0.05) is 35.0 Å². The van der Waals surface area contributed by atoms with Crippen LogP contribution in [0, 0.1) is 0 Å². The van der Waals surface area contributed by atoms with Crippen molar-refractivity contribution >= 4 is 35.0 Å². The molecule has 18 heavy (non-hydrogen) atoms. The van der Waals surface area contributed by atoms with Gasteiger partial charge in [0.1, 0.15) is 0 Å². The molecule has 1 aliphatic rings. The Morgan fingerprint density at radius 1 is 1.33 bits per heavy atom. The van der Waals surface area contributed by atoms with Crippen molar-refractivity contribution in [2.75, 3.05) is 11.2 Å². The number of nitrogens with one attached hydrogen (secondary N) is 1. The van der Waals surface area contributed by atoms with Crippen molar-refractivity contribution in [1.29, 1.82) is 0 Å². The van der Waals surface area contributed by atoms with Gasteiger partial charge in [0, 0.05) is 17.4 Å².